The third-order valence-electron chi connectivity index (χ3n) is 5.08. The molecule has 0 bridgehead atoms. The maximum absolute atomic E-state index is 7.77. The van der Waals surface area contributed by atoms with Crippen LogP contribution < -0.4 is 10.5 Å². The van der Waals surface area contributed by atoms with Gasteiger partial charge in [-0.15, -0.1) is 11.3 Å². The molecule has 5 heteroatoms. The second kappa shape index (κ2) is 9.01. The van der Waals surface area contributed by atoms with Crippen LogP contribution in [0.2, 0.25) is 0 Å². The van der Waals surface area contributed by atoms with Crippen molar-refractivity contribution >= 4 is 16.5 Å². The zero-order valence-electron chi connectivity index (χ0n) is 16.8. The van der Waals surface area contributed by atoms with Crippen molar-refractivity contribution in [3.63, 3.8) is 0 Å². The van der Waals surface area contributed by atoms with Crippen molar-refractivity contribution in [3.05, 3.63) is 95.0 Å². The lowest BCUT2D eigenvalue weighted by atomic mass is 9.89. The molecule has 1 heterocycles. The number of thiazole rings is 1. The van der Waals surface area contributed by atoms with Crippen LogP contribution in [-0.4, -0.2) is 16.7 Å². The van der Waals surface area contributed by atoms with Gasteiger partial charge in [-0.1, -0.05) is 36.4 Å². The van der Waals surface area contributed by atoms with E-state index in [0.717, 1.165) is 34.6 Å². The molecule has 0 aliphatic heterocycles. The van der Waals surface area contributed by atoms with Gasteiger partial charge in [0.2, 0.25) is 0 Å². The minimum Gasteiger partial charge on any atom is -0.593 e. The van der Waals surface area contributed by atoms with Crippen molar-refractivity contribution in [2.45, 2.75) is 19.3 Å². The molecule has 3 aromatic carbocycles. The van der Waals surface area contributed by atoms with Crippen molar-refractivity contribution in [1.82, 2.24) is 4.98 Å². The summed E-state index contributed by atoms with van der Waals surface area (Å²) in [4.78, 5) is 4.53. The van der Waals surface area contributed by atoms with Crippen molar-refractivity contribution in [2.24, 2.45) is 0 Å². The average molecular weight is 418 g/mol. The van der Waals surface area contributed by atoms with Crippen LogP contribution >= 0.6 is 11.3 Å². The second-order valence-corrected chi connectivity index (χ2v) is 8.04. The number of benzene rings is 3. The molecule has 1 atom stereocenters. The number of aromatic nitrogens is 1. The molecule has 0 unspecified atom stereocenters. The van der Waals surface area contributed by atoms with E-state index in [0.29, 0.717) is 17.5 Å². The van der Waals surface area contributed by atoms with Crippen LogP contribution in [0, 0.1) is 0 Å². The number of anilines is 1. The number of ether oxygens (including phenoxy) is 1. The molecule has 4 nitrogen and oxygen atoms in total. The molecule has 1 aromatic heterocycles. The zero-order valence-corrected chi connectivity index (χ0v) is 17.7. The molecule has 0 amide bonds. The standard InChI is InChI=1S/C25H24N2O2S/c1-2-29-22-5-3-4-20(15-22)18-8-6-17(7-9-18)14-23(24-16-30-25(26)27-24)19-10-12-21(28)13-11-19/h3-13,15-16,23,28H,2,14H2,1H3,(H2,26,27)/p+1/t23-/m0/s1. The van der Waals surface area contributed by atoms with E-state index < -0.39 is 0 Å². The summed E-state index contributed by atoms with van der Waals surface area (Å²) in [6.07, 6.45) is 0.819. The summed E-state index contributed by atoms with van der Waals surface area (Å²) in [6, 6.07) is 24.5. The molecule has 4 aromatic rings. The molecule has 0 aliphatic carbocycles. The first-order valence-corrected chi connectivity index (χ1v) is 10.8. The average Bonchev–Trinajstić information content (AvgIpc) is 3.20. The molecule has 4 N–H and O–H groups in total. The van der Waals surface area contributed by atoms with Gasteiger partial charge >= 0.3 is 0 Å². The maximum Gasteiger partial charge on any atom is 0.253 e. The Labute approximate surface area is 180 Å². The number of hydrogen-bond donors (Lipinski definition) is 1. The fourth-order valence-corrected chi connectivity index (χ4v) is 4.19. The highest BCUT2D eigenvalue weighted by molar-refractivity contribution is 7.13. The Kier molecular flexibility index (Phi) is 6.00. The summed E-state index contributed by atoms with van der Waals surface area (Å²) >= 11 is 1.46. The summed E-state index contributed by atoms with van der Waals surface area (Å²) in [5.41, 5.74) is 11.5. The molecule has 0 spiro atoms. The van der Waals surface area contributed by atoms with Crippen LogP contribution in [0.15, 0.2) is 78.2 Å². The third-order valence-corrected chi connectivity index (χ3v) is 5.77. The molecule has 152 valence electrons. The molecule has 0 saturated carbocycles. The van der Waals surface area contributed by atoms with E-state index in [1.165, 1.54) is 16.9 Å². The fraction of sp³-hybridized carbons (Fsp3) is 0.160. The Bertz CT molecular complexity index is 1100. The molecule has 0 fully saturated rings. The summed E-state index contributed by atoms with van der Waals surface area (Å²) in [7, 11) is 0. The molecule has 0 saturated heterocycles. The lowest BCUT2D eigenvalue weighted by Gasteiger charge is -2.16. The van der Waals surface area contributed by atoms with Gasteiger partial charge < -0.3 is 15.6 Å². The normalized spacial score (nSPS) is 11.9. The topological polar surface area (TPSA) is 71.0 Å². The van der Waals surface area contributed by atoms with Gasteiger partial charge in [-0.25, -0.2) is 4.98 Å². The smallest absolute Gasteiger partial charge is 0.253 e. The quantitative estimate of drug-likeness (QED) is 0.398. The van der Waals surface area contributed by atoms with Crippen molar-refractivity contribution < 1.29 is 9.84 Å². The minimum absolute atomic E-state index is 0.103. The molecular weight excluding hydrogens is 392 g/mol. The first-order valence-electron chi connectivity index (χ1n) is 9.97. The zero-order chi connectivity index (χ0) is 20.9. The predicted octanol–water partition coefficient (Wildman–Crippen LogP) is 5.60. The van der Waals surface area contributed by atoms with Gasteiger partial charge in [0.25, 0.3) is 5.75 Å². The third kappa shape index (κ3) is 4.63. The molecular formula is C25H25N2O2S+. The van der Waals surface area contributed by atoms with E-state index in [4.69, 9.17) is 15.6 Å². The van der Waals surface area contributed by atoms with E-state index >= 15 is 0 Å². The molecule has 30 heavy (non-hydrogen) atoms. The van der Waals surface area contributed by atoms with Gasteiger partial charge in [0.1, 0.15) is 5.75 Å². The van der Waals surface area contributed by atoms with Crippen LogP contribution in [0.5, 0.6) is 11.5 Å². The summed E-state index contributed by atoms with van der Waals surface area (Å²) < 4.78 is 5.62. The summed E-state index contributed by atoms with van der Waals surface area (Å²) in [5, 5.41) is 10.4. The Morgan fingerprint density at radius 1 is 1.00 bits per heavy atom. The first kappa shape index (κ1) is 20.0. The number of rotatable bonds is 7. The number of nitrogens with zero attached hydrogens (tertiary/aromatic N) is 1. The van der Waals surface area contributed by atoms with E-state index in [1.807, 2.05) is 48.7 Å². The minimum atomic E-state index is 0.103. The maximum atomic E-state index is 7.77. The lowest BCUT2D eigenvalue weighted by molar-refractivity contribution is 0.340. The monoisotopic (exact) mass is 417 g/mol. The number of nitrogen functional groups attached to an aromatic ring is 1. The van der Waals surface area contributed by atoms with Gasteiger partial charge in [-0.2, -0.15) is 0 Å². The van der Waals surface area contributed by atoms with Gasteiger partial charge in [0.05, 0.1) is 12.3 Å². The molecule has 4 rings (SSSR count). The Hall–Kier alpha value is -3.31. The van der Waals surface area contributed by atoms with Gasteiger partial charge in [0, 0.05) is 23.4 Å². The Balaban J connectivity index is 1.59. The molecule has 0 radical (unpaired) electrons. The van der Waals surface area contributed by atoms with Crippen molar-refractivity contribution in [3.8, 4) is 22.6 Å². The highest BCUT2D eigenvalue weighted by Gasteiger charge is 2.18. The lowest BCUT2D eigenvalue weighted by Crippen LogP contribution is -2.06. The Morgan fingerprint density at radius 3 is 2.43 bits per heavy atom. The number of nitrogens with two attached hydrogens (primary N) is 1. The van der Waals surface area contributed by atoms with Gasteiger partial charge in [0.15, 0.2) is 5.13 Å². The Morgan fingerprint density at radius 2 is 1.77 bits per heavy atom. The summed E-state index contributed by atoms with van der Waals surface area (Å²) in [5.74, 6) is 1.50. The van der Waals surface area contributed by atoms with Gasteiger partial charge in [-0.05, 0) is 59.9 Å². The van der Waals surface area contributed by atoms with Crippen molar-refractivity contribution in [2.75, 3.05) is 12.3 Å². The van der Waals surface area contributed by atoms with Crippen LogP contribution in [-0.2, 0) is 6.42 Å². The SMILES string of the molecule is CCOc1cccc(-c2ccc(C[C@@H](c3ccc([OH2+])cc3)c3csc(N)n3)cc2)c1. The van der Waals surface area contributed by atoms with Crippen LogP contribution in [0.4, 0.5) is 5.13 Å². The van der Waals surface area contributed by atoms with E-state index in [-0.39, 0.29) is 5.92 Å². The van der Waals surface area contributed by atoms with Crippen LogP contribution in [0.1, 0.15) is 29.7 Å². The molecule has 0 aliphatic rings. The van der Waals surface area contributed by atoms with Crippen LogP contribution in [0.25, 0.3) is 11.1 Å². The largest absolute Gasteiger partial charge is 0.593 e. The first-order chi connectivity index (χ1) is 14.6. The second-order valence-electron chi connectivity index (χ2n) is 7.15. The highest BCUT2D eigenvalue weighted by atomic mass is 32.1. The van der Waals surface area contributed by atoms with Crippen LogP contribution in [0.3, 0.4) is 0 Å². The van der Waals surface area contributed by atoms with E-state index in [1.54, 1.807) is 0 Å². The summed E-state index contributed by atoms with van der Waals surface area (Å²) in [6.45, 7) is 2.65. The van der Waals surface area contributed by atoms with E-state index in [9.17, 15) is 0 Å². The fourth-order valence-electron chi connectivity index (χ4n) is 3.57. The highest BCUT2D eigenvalue weighted by Crippen LogP contribution is 2.32. The predicted molar refractivity (Wildman–Crippen MR) is 125 cm³/mol. The van der Waals surface area contributed by atoms with E-state index in [2.05, 4.69) is 41.4 Å². The number of hydrogen-bond acceptors (Lipinski definition) is 4. The van der Waals surface area contributed by atoms with Gasteiger partial charge in [-0.3, -0.25) is 0 Å². The van der Waals surface area contributed by atoms with Crippen molar-refractivity contribution in [1.29, 1.82) is 0 Å².